The van der Waals surface area contributed by atoms with Gasteiger partial charge in [-0.2, -0.15) is 0 Å². The molecule has 9 heteroatoms. The first-order valence-electron chi connectivity index (χ1n) is 13.1. The van der Waals surface area contributed by atoms with Gasteiger partial charge in [0, 0.05) is 19.7 Å². The molecule has 4 aliphatic rings. The summed E-state index contributed by atoms with van der Waals surface area (Å²) < 4.78 is 12.4. The summed E-state index contributed by atoms with van der Waals surface area (Å²) in [5.41, 5.74) is -1.82. The fourth-order valence-electron chi connectivity index (χ4n) is 6.43. The normalized spacial score (nSPS) is 32.9. The largest absolute Gasteiger partial charge is 0.465 e. The summed E-state index contributed by atoms with van der Waals surface area (Å²) in [4.78, 5) is 45.1. The minimum Gasteiger partial charge on any atom is -0.465 e. The van der Waals surface area contributed by atoms with Crippen LogP contribution in [0.5, 0.6) is 0 Å². The van der Waals surface area contributed by atoms with Crippen LogP contribution in [0.1, 0.15) is 39.0 Å². The van der Waals surface area contributed by atoms with Crippen LogP contribution in [0.25, 0.3) is 0 Å². The van der Waals surface area contributed by atoms with Crippen molar-refractivity contribution in [2.75, 3.05) is 31.2 Å². The Labute approximate surface area is 221 Å². The third-order valence-corrected chi connectivity index (χ3v) is 8.42. The molecule has 0 saturated carbocycles. The van der Waals surface area contributed by atoms with E-state index < -0.39 is 35.0 Å². The lowest BCUT2D eigenvalue weighted by molar-refractivity contribution is -0.160. The Bertz CT molecular complexity index is 1140. The van der Waals surface area contributed by atoms with E-state index in [0.29, 0.717) is 49.4 Å². The zero-order valence-corrected chi connectivity index (χ0v) is 21.7. The van der Waals surface area contributed by atoms with Gasteiger partial charge in [0.1, 0.15) is 23.2 Å². The van der Waals surface area contributed by atoms with Gasteiger partial charge in [-0.3, -0.25) is 14.4 Å². The van der Waals surface area contributed by atoms with Crippen molar-refractivity contribution in [3.8, 4) is 0 Å². The van der Waals surface area contributed by atoms with Crippen LogP contribution in [0.2, 0.25) is 5.02 Å². The predicted octanol–water partition coefficient (Wildman–Crippen LogP) is 3.27. The number of likely N-dealkylation sites (tertiary alicyclic amines) is 1. The number of benzene rings is 1. The number of hydrogen-bond donors (Lipinski definition) is 1. The van der Waals surface area contributed by atoms with Crippen LogP contribution in [0.4, 0.5) is 5.69 Å². The number of cyclic esters (lactones) is 1. The first-order chi connectivity index (χ1) is 17.9. The number of halogens is 1. The van der Waals surface area contributed by atoms with E-state index in [4.69, 9.17) is 21.1 Å². The van der Waals surface area contributed by atoms with E-state index in [9.17, 15) is 19.5 Å². The number of amides is 2. The summed E-state index contributed by atoms with van der Waals surface area (Å²) >= 11 is 6.49. The average Bonchev–Trinajstić information content (AvgIpc) is 3.23. The third kappa shape index (κ3) is 4.10. The van der Waals surface area contributed by atoms with Crippen LogP contribution in [-0.2, 0) is 23.9 Å². The zero-order chi connectivity index (χ0) is 26.2. The Hall–Kier alpha value is -2.68. The molecule has 8 nitrogen and oxygen atoms in total. The molecule has 1 unspecified atom stereocenters. The highest BCUT2D eigenvalue weighted by atomic mass is 35.5. The highest BCUT2D eigenvalue weighted by Crippen LogP contribution is 2.58. The van der Waals surface area contributed by atoms with Gasteiger partial charge in [0.2, 0.25) is 5.91 Å². The molecular weight excluding hydrogens is 496 g/mol. The first kappa shape index (κ1) is 25.9. The molecule has 4 aliphatic heterocycles. The van der Waals surface area contributed by atoms with E-state index in [-0.39, 0.29) is 31.6 Å². The van der Waals surface area contributed by atoms with Crippen LogP contribution in [0, 0.1) is 11.8 Å². The smallest absolute Gasteiger partial charge is 0.313 e. The number of carbonyl (C=O) groups is 3. The van der Waals surface area contributed by atoms with Gasteiger partial charge in [0.05, 0.1) is 23.2 Å². The maximum absolute atomic E-state index is 14.4. The van der Waals surface area contributed by atoms with Gasteiger partial charge >= 0.3 is 5.97 Å². The second kappa shape index (κ2) is 10.2. The third-order valence-electron chi connectivity index (χ3n) is 8.10. The predicted molar refractivity (Wildman–Crippen MR) is 138 cm³/mol. The molecule has 1 N–H and O–H groups in total. The highest BCUT2D eigenvalue weighted by molar-refractivity contribution is 6.34. The fraction of sp³-hybridized carbons (Fsp3) is 0.536. The van der Waals surface area contributed by atoms with Gasteiger partial charge in [-0.1, -0.05) is 55.0 Å². The van der Waals surface area contributed by atoms with Crippen molar-refractivity contribution >= 4 is 35.1 Å². The van der Waals surface area contributed by atoms with Crippen LogP contribution >= 0.6 is 11.6 Å². The summed E-state index contributed by atoms with van der Waals surface area (Å²) in [7, 11) is 0. The Balaban J connectivity index is 1.63. The van der Waals surface area contributed by atoms with Crippen molar-refractivity contribution in [1.82, 2.24) is 4.90 Å². The number of esters is 1. The van der Waals surface area contributed by atoms with Gasteiger partial charge in [-0.05, 0) is 44.2 Å². The standard InChI is InChI=1S/C28H33ClN2O6/c1-2-27-13-6-9-18-36-26(35)22(27)21-24(33)31(15-7-3-8-17-32)23-25(34)30(16-10-14-28(21,23)37-27)20-12-5-4-11-19(20)29/h4-6,10-14,21-23,32H,2-3,7-9,15-18H2,1H3/t21-,22-,23?,27+,28-/m0/s1. The molecule has 1 aromatic rings. The number of aliphatic hydroxyl groups excluding tert-OH is 1. The molecule has 2 fully saturated rings. The lowest BCUT2D eigenvalue weighted by Gasteiger charge is -2.38. The number of nitrogens with zero attached hydrogens (tertiary/aromatic N) is 2. The molecule has 0 bridgehead atoms. The number of anilines is 1. The van der Waals surface area contributed by atoms with Crippen molar-refractivity contribution in [2.45, 2.75) is 56.3 Å². The summed E-state index contributed by atoms with van der Waals surface area (Å²) in [6.07, 6.45) is 10.4. The second-order valence-electron chi connectivity index (χ2n) is 10.1. The van der Waals surface area contributed by atoms with Gasteiger partial charge < -0.3 is 24.4 Å². The van der Waals surface area contributed by atoms with Crippen molar-refractivity contribution in [2.24, 2.45) is 11.8 Å². The molecule has 0 aliphatic carbocycles. The molecular formula is C28H33ClN2O6. The van der Waals surface area contributed by atoms with Gasteiger partial charge in [-0.15, -0.1) is 0 Å². The van der Waals surface area contributed by atoms with Crippen LogP contribution in [0.15, 0.2) is 48.6 Å². The van der Waals surface area contributed by atoms with Gasteiger partial charge in [0.15, 0.2) is 0 Å². The SMILES string of the molecule is CC[C@@]12C=CCCOC(=O)[C@@H]1[C@H]1C(=O)N(CCCCCO)C3C(=O)N(c4ccccc4Cl)CC=C[C@@]31O2. The molecule has 0 aromatic heterocycles. The maximum Gasteiger partial charge on any atom is 0.313 e. The molecule has 1 aromatic carbocycles. The maximum atomic E-state index is 14.4. The van der Waals surface area contributed by atoms with Crippen molar-refractivity contribution < 1.29 is 29.0 Å². The minimum absolute atomic E-state index is 0.0638. The van der Waals surface area contributed by atoms with Crippen LogP contribution in [0.3, 0.4) is 0 Å². The Morgan fingerprint density at radius 3 is 2.62 bits per heavy atom. The molecule has 5 rings (SSSR count). The van der Waals surface area contributed by atoms with Crippen LogP contribution < -0.4 is 4.90 Å². The second-order valence-corrected chi connectivity index (χ2v) is 10.5. The molecule has 37 heavy (non-hydrogen) atoms. The zero-order valence-electron chi connectivity index (χ0n) is 21.0. The lowest BCUT2D eigenvalue weighted by atomic mass is 9.73. The minimum atomic E-state index is -1.32. The molecule has 4 heterocycles. The number of unbranched alkanes of at least 4 members (excludes halogenated alkanes) is 2. The van der Waals surface area contributed by atoms with E-state index in [1.54, 1.807) is 28.0 Å². The number of rotatable bonds is 7. The van der Waals surface area contributed by atoms with Crippen molar-refractivity contribution in [3.63, 3.8) is 0 Å². The van der Waals surface area contributed by atoms with E-state index in [2.05, 4.69) is 0 Å². The van der Waals surface area contributed by atoms with Gasteiger partial charge in [-0.25, -0.2) is 0 Å². The topological polar surface area (TPSA) is 96.4 Å². The van der Waals surface area contributed by atoms with E-state index in [1.807, 2.05) is 37.3 Å². The van der Waals surface area contributed by atoms with Crippen LogP contribution in [-0.4, -0.2) is 71.3 Å². The van der Waals surface area contributed by atoms with E-state index in [1.165, 1.54) is 0 Å². The van der Waals surface area contributed by atoms with Gasteiger partial charge in [0.25, 0.3) is 5.91 Å². The highest BCUT2D eigenvalue weighted by Gasteiger charge is 2.75. The summed E-state index contributed by atoms with van der Waals surface area (Å²) in [5.74, 6) is -2.80. The summed E-state index contributed by atoms with van der Waals surface area (Å²) in [6.45, 7) is 2.80. The first-order valence-corrected chi connectivity index (χ1v) is 13.5. The molecule has 5 atom stereocenters. The molecule has 198 valence electrons. The average molecular weight is 529 g/mol. The summed E-state index contributed by atoms with van der Waals surface area (Å²) in [5, 5.41) is 9.65. The van der Waals surface area contributed by atoms with Crippen molar-refractivity contribution in [1.29, 1.82) is 0 Å². The number of hydrogen-bond acceptors (Lipinski definition) is 6. The van der Waals surface area contributed by atoms with E-state index in [0.717, 1.165) is 0 Å². The number of aliphatic hydroxyl groups is 1. The molecule has 2 saturated heterocycles. The fourth-order valence-corrected chi connectivity index (χ4v) is 6.66. The Morgan fingerprint density at radius 1 is 1.05 bits per heavy atom. The number of ether oxygens (including phenoxy) is 2. The monoisotopic (exact) mass is 528 g/mol. The number of fused-ring (bicyclic) bond motifs is 2. The number of carbonyl (C=O) groups excluding carboxylic acids is 3. The van der Waals surface area contributed by atoms with E-state index >= 15 is 0 Å². The number of para-hydroxylation sites is 1. The Morgan fingerprint density at radius 2 is 1.86 bits per heavy atom. The quantitative estimate of drug-likeness (QED) is 0.331. The molecule has 0 radical (unpaired) electrons. The Kier molecular flexibility index (Phi) is 7.18. The van der Waals surface area contributed by atoms with Crippen molar-refractivity contribution in [3.05, 3.63) is 53.6 Å². The molecule has 2 amide bonds. The molecule has 1 spiro atoms. The lowest BCUT2D eigenvalue weighted by Crippen LogP contribution is -2.56. The summed E-state index contributed by atoms with van der Waals surface area (Å²) in [6, 6.07) is 6.16.